The van der Waals surface area contributed by atoms with Crippen molar-refractivity contribution in [3.8, 4) is 11.5 Å². The second-order valence-electron chi connectivity index (χ2n) is 8.15. The molecule has 0 aliphatic rings. The lowest BCUT2D eigenvalue weighted by Gasteiger charge is -2.11. The minimum atomic E-state index is -1.03. The molecular weight excluding hydrogens is 637 g/mol. The summed E-state index contributed by atoms with van der Waals surface area (Å²) in [4.78, 5) is 49.7. The molecule has 0 spiro atoms. The topological polar surface area (TPSA) is 123 Å². The molecule has 4 aromatic rings. The van der Waals surface area contributed by atoms with Crippen molar-refractivity contribution in [3.05, 3.63) is 122 Å². The summed E-state index contributed by atoms with van der Waals surface area (Å²) in [5, 5.41) is 7.13. The third-order valence-electron chi connectivity index (χ3n) is 5.24. The van der Waals surface area contributed by atoms with Crippen molar-refractivity contribution < 1.29 is 28.7 Å². The van der Waals surface area contributed by atoms with Crippen LogP contribution in [0, 0.1) is 0 Å². The highest BCUT2D eigenvalue weighted by atomic mass is 79.9. The van der Waals surface area contributed by atoms with Crippen LogP contribution in [0.2, 0.25) is 10.0 Å². The molecule has 0 saturated heterocycles. The summed E-state index contributed by atoms with van der Waals surface area (Å²) in [6.07, 6.45) is 1.17. The molecule has 0 radical (unpaired) electrons. The monoisotopic (exact) mass is 653 g/mol. The molecule has 2 N–H and O–H groups in total. The van der Waals surface area contributed by atoms with Crippen molar-refractivity contribution in [2.24, 2.45) is 5.10 Å². The number of amides is 2. The largest absolute Gasteiger partial charge is 0.423 e. The highest BCUT2D eigenvalue weighted by Gasteiger charge is 2.16. The third kappa shape index (κ3) is 8.49. The van der Waals surface area contributed by atoms with Gasteiger partial charge in [-0.25, -0.2) is 15.0 Å². The summed E-state index contributed by atoms with van der Waals surface area (Å²) in [5.41, 5.74) is 3.22. The van der Waals surface area contributed by atoms with Crippen molar-refractivity contribution in [3.63, 3.8) is 0 Å². The summed E-state index contributed by atoms with van der Waals surface area (Å²) in [5.74, 6) is -3.33. The maximum atomic E-state index is 12.8. The molecule has 0 aliphatic heterocycles. The fourth-order valence-corrected chi connectivity index (χ4v) is 3.72. The Kier molecular flexibility index (Phi) is 9.86. The molecule has 41 heavy (non-hydrogen) atoms. The predicted octanol–water partition coefficient (Wildman–Crippen LogP) is 6.28. The summed E-state index contributed by atoms with van der Waals surface area (Å²) in [6.45, 7) is 0. The van der Waals surface area contributed by atoms with Crippen LogP contribution < -0.4 is 20.2 Å². The minimum Gasteiger partial charge on any atom is -0.423 e. The summed E-state index contributed by atoms with van der Waals surface area (Å²) < 4.78 is 11.8. The number of rotatable bonds is 7. The molecule has 0 unspecified atom stereocenters. The van der Waals surface area contributed by atoms with Gasteiger partial charge in [0.2, 0.25) is 0 Å². The average Bonchev–Trinajstić information content (AvgIpc) is 2.96. The van der Waals surface area contributed by atoms with E-state index in [9.17, 15) is 19.2 Å². The van der Waals surface area contributed by atoms with E-state index in [-0.39, 0.29) is 28.2 Å². The van der Waals surface area contributed by atoms with E-state index >= 15 is 0 Å². The van der Waals surface area contributed by atoms with Crippen molar-refractivity contribution in [1.82, 2.24) is 5.43 Å². The first kappa shape index (κ1) is 29.5. The smallest absolute Gasteiger partial charge is 0.343 e. The van der Waals surface area contributed by atoms with Gasteiger partial charge in [0.1, 0.15) is 11.5 Å². The molecule has 9 nitrogen and oxygen atoms in total. The molecule has 0 bridgehead atoms. The van der Waals surface area contributed by atoms with Gasteiger partial charge in [-0.3, -0.25) is 9.59 Å². The van der Waals surface area contributed by atoms with Crippen molar-refractivity contribution in [2.75, 3.05) is 5.32 Å². The van der Waals surface area contributed by atoms with Crippen LogP contribution >= 0.6 is 39.1 Å². The zero-order valence-corrected chi connectivity index (χ0v) is 23.9. The molecule has 0 saturated carbocycles. The van der Waals surface area contributed by atoms with Gasteiger partial charge in [0.15, 0.2) is 0 Å². The third-order valence-corrected chi connectivity index (χ3v) is 6.27. The quantitative estimate of drug-likeness (QED) is 0.0795. The van der Waals surface area contributed by atoms with Gasteiger partial charge < -0.3 is 14.8 Å². The van der Waals surface area contributed by atoms with Crippen LogP contribution in [0.25, 0.3) is 0 Å². The number of hydrogen-bond donors (Lipinski definition) is 2. The highest BCUT2D eigenvalue weighted by molar-refractivity contribution is 9.10. The minimum absolute atomic E-state index is 0.0383. The van der Waals surface area contributed by atoms with Gasteiger partial charge >= 0.3 is 23.8 Å². The van der Waals surface area contributed by atoms with Crippen LogP contribution in [0.1, 0.15) is 26.3 Å². The highest BCUT2D eigenvalue weighted by Crippen LogP contribution is 2.26. The Hall–Kier alpha value is -4.51. The molecule has 4 rings (SSSR count). The molecule has 0 aromatic heterocycles. The maximum Gasteiger partial charge on any atom is 0.343 e. The Morgan fingerprint density at radius 3 is 1.85 bits per heavy atom. The standard InChI is InChI=1S/C29H18BrCl2N3O6/c30-20-6-12-23(13-7-20)34-26(36)27(37)35-33-16-19-5-14-24(40-28(38)17-1-8-21(31)9-2-17)15-25(19)41-29(39)18-3-10-22(32)11-4-18/h1-16H,(H,34,36)(H,35,37)/b33-16+. The van der Waals surface area contributed by atoms with E-state index in [0.29, 0.717) is 15.7 Å². The van der Waals surface area contributed by atoms with E-state index in [1.165, 1.54) is 60.8 Å². The van der Waals surface area contributed by atoms with E-state index in [1.54, 1.807) is 36.4 Å². The number of esters is 2. The Labute approximate surface area is 252 Å². The van der Waals surface area contributed by atoms with E-state index < -0.39 is 23.8 Å². The van der Waals surface area contributed by atoms with Crippen LogP contribution in [0.4, 0.5) is 5.69 Å². The van der Waals surface area contributed by atoms with Gasteiger partial charge in [0.05, 0.1) is 17.3 Å². The lowest BCUT2D eigenvalue weighted by molar-refractivity contribution is -0.136. The second-order valence-corrected chi connectivity index (χ2v) is 9.94. The van der Waals surface area contributed by atoms with Crippen molar-refractivity contribution in [1.29, 1.82) is 0 Å². The second kappa shape index (κ2) is 13.7. The molecule has 206 valence electrons. The first-order chi connectivity index (χ1) is 19.7. The van der Waals surface area contributed by atoms with Gasteiger partial charge in [-0.2, -0.15) is 5.10 Å². The first-order valence-electron chi connectivity index (χ1n) is 11.7. The fourth-order valence-electron chi connectivity index (χ4n) is 3.20. The number of benzene rings is 4. The summed E-state index contributed by atoms with van der Waals surface area (Å²) >= 11 is 15.1. The molecular formula is C29H18BrCl2N3O6. The van der Waals surface area contributed by atoms with Crippen LogP contribution in [0.15, 0.2) is 101 Å². The van der Waals surface area contributed by atoms with Gasteiger partial charge in [0.25, 0.3) is 0 Å². The number of hydrazone groups is 1. The lowest BCUT2D eigenvalue weighted by atomic mass is 10.2. The predicted molar refractivity (Wildman–Crippen MR) is 158 cm³/mol. The number of hydrogen-bond acceptors (Lipinski definition) is 7. The van der Waals surface area contributed by atoms with Crippen molar-refractivity contribution in [2.45, 2.75) is 0 Å². The molecule has 2 amide bonds. The molecule has 4 aromatic carbocycles. The van der Waals surface area contributed by atoms with E-state index in [0.717, 1.165) is 4.47 Å². The molecule has 0 fully saturated rings. The van der Waals surface area contributed by atoms with E-state index in [1.807, 2.05) is 0 Å². The molecule has 0 aliphatic carbocycles. The fraction of sp³-hybridized carbons (Fsp3) is 0. The Balaban J connectivity index is 1.51. The summed E-state index contributed by atoms with van der Waals surface area (Å²) in [6, 6.07) is 22.9. The number of carbonyl (C=O) groups excluding carboxylic acids is 4. The van der Waals surface area contributed by atoms with Gasteiger partial charge in [-0.15, -0.1) is 0 Å². The lowest BCUT2D eigenvalue weighted by Crippen LogP contribution is -2.32. The Bertz CT molecular complexity index is 1630. The number of carbonyl (C=O) groups is 4. The van der Waals surface area contributed by atoms with Gasteiger partial charge in [0, 0.05) is 31.8 Å². The average molecular weight is 655 g/mol. The molecule has 12 heteroatoms. The first-order valence-corrected chi connectivity index (χ1v) is 13.2. The van der Waals surface area contributed by atoms with Gasteiger partial charge in [-0.05, 0) is 84.9 Å². The number of ether oxygens (including phenoxy) is 2. The van der Waals surface area contributed by atoms with Crippen molar-refractivity contribution >= 4 is 74.8 Å². The number of anilines is 1. The zero-order valence-electron chi connectivity index (χ0n) is 20.8. The van der Waals surface area contributed by atoms with Crippen LogP contribution in [-0.4, -0.2) is 30.0 Å². The number of nitrogens with zero attached hydrogens (tertiary/aromatic N) is 1. The van der Waals surface area contributed by atoms with Gasteiger partial charge in [-0.1, -0.05) is 39.1 Å². The van der Waals surface area contributed by atoms with E-state index in [2.05, 4.69) is 31.8 Å². The molecule has 0 heterocycles. The Morgan fingerprint density at radius 2 is 1.27 bits per heavy atom. The zero-order chi connectivity index (χ0) is 29.4. The number of halogens is 3. The number of nitrogens with one attached hydrogen (secondary N) is 2. The Morgan fingerprint density at radius 1 is 0.707 bits per heavy atom. The van der Waals surface area contributed by atoms with E-state index in [4.69, 9.17) is 32.7 Å². The summed E-state index contributed by atoms with van der Waals surface area (Å²) in [7, 11) is 0. The molecule has 0 atom stereocenters. The van der Waals surface area contributed by atoms with Crippen LogP contribution in [-0.2, 0) is 9.59 Å². The SMILES string of the molecule is O=C(N/N=C/c1ccc(OC(=O)c2ccc(Cl)cc2)cc1OC(=O)c1ccc(Cl)cc1)C(=O)Nc1ccc(Br)cc1. The van der Waals surface area contributed by atoms with Crippen LogP contribution in [0.3, 0.4) is 0 Å². The normalized spacial score (nSPS) is 10.6. The maximum absolute atomic E-state index is 12.8. The van der Waals surface area contributed by atoms with Crippen LogP contribution in [0.5, 0.6) is 11.5 Å².